The first kappa shape index (κ1) is 21.9. The van der Waals surface area contributed by atoms with E-state index in [9.17, 15) is 4.79 Å². The van der Waals surface area contributed by atoms with Crippen LogP contribution in [0.15, 0.2) is 41.0 Å². The summed E-state index contributed by atoms with van der Waals surface area (Å²) in [5.74, 6) is 0.912. The third-order valence-corrected chi connectivity index (χ3v) is 5.22. The lowest BCUT2D eigenvalue weighted by Gasteiger charge is -2.14. The van der Waals surface area contributed by atoms with Crippen molar-refractivity contribution in [3.05, 3.63) is 60.8 Å². The average molecular weight is 546 g/mol. The van der Waals surface area contributed by atoms with Crippen molar-refractivity contribution in [1.29, 1.82) is 0 Å². The van der Waals surface area contributed by atoms with Crippen LogP contribution in [0.25, 0.3) is 6.08 Å². The number of carbonyl (C=O) groups excluding carboxylic acids is 1. The van der Waals surface area contributed by atoms with Crippen LogP contribution in [0.2, 0.25) is 10.0 Å². The lowest BCUT2D eigenvalue weighted by atomic mass is 10.1. The molecular weight excluding hydrogens is 528 g/mol. The molecule has 3 rings (SSSR count). The highest BCUT2D eigenvalue weighted by Gasteiger charge is 2.26. The molecule has 0 aliphatic carbocycles. The van der Waals surface area contributed by atoms with Gasteiger partial charge in [0.2, 0.25) is 5.90 Å². The van der Waals surface area contributed by atoms with Gasteiger partial charge in [-0.25, -0.2) is 9.79 Å². The Kier molecular flexibility index (Phi) is 7.43. The molecule has 152 valence electrons. The summed E-state index contributed by atoms with van der Waals surface area (Å²) in [6.45, 7) is 5.04. The van der Waals surface area contributed by atoms with Crippen LogP contribution in [0, 0.1) is 3.57 Å². The molecule has 0 fully saturated rings. The van der Waals surface area contributed by atoms with Crippen molar-refractivity contribution >= 4 is 63.7 Å². The van der Waals surface area contributed by atoms with Gasteiger partial charge in [-0.15, -0.1) is 0 Å². The summed E-state index contributed by atoms with van der Waals surface area (Å²) in [5.41, 5.74) is 1.42. The molecule has 0 amide bonds. The zero-order valence-corrected chi connectivity index (χ0v) is 19.5. The monoisotopic (exact) mass is 545 g/mol. The quantitative estimate of drug-likeness (QED) is 0.238. The van der Waals surface area contributed by atoms with Crippen molar-refractivity contribution in [3.63, 3.8) is 0 Å². The summed E-state index contributed by atoms with van der Waals surface area (Å²) in [6, 6.07) is 8.61. The van der Waals surface area contributed by atoms with Gasteiger partial charge < -0.3 is 14.2 Å². The molecule has 5 nitrogen and oxygen atoms in total. The summed E-state index contributed by atoms with van der Waals surface area (Å²) in [4.78, 5) is 16.6. The van der Waals surface area contributed by atoms with Crippen LogP contribution in [0.5, 0.6) is 11.5 Å². The zero-order chi connectivity index (χ0) is 21.0. The van der Waals surface area contributed by atoms with E-state index in [1.165, 1.54) is 0 Å². The third kappa shape index (κ3) is 5.24. The van der Waals surface area contributed by atoms with Crippen LogP contribution in [0.1, 0.15) is 31.4 Å². The Hall–Kier alpha value is -1.77. The number of esters is 1. The Morgan fingerprint density at radius 2 is 1.97 bits per heavy atom. The first-order chi connectivity index (χ1) is 13.9. The number of aliphatic imine (C=N–C) groups is 1. The molecule has 0 bridgehead atoms. The molecule has 0 radical (unpaired) electrons. The van der Waals surface area contributed by atoms with Gasteiger partial charge in [-0.2, -0.15) is 0 Å². The minimum absolute atomic E-state index is 0.144. The standard InChI is InChI=1S/C21H18Cl2INO4/c1-3-7-28-19-16(24)8-12(10-18(19)27-4-2)9-17-21(26)29-20(25-17)14-6-5-13(22)11-15(14)23/h5-6,8-11H,3-4,7H2,1-2H3/b17-9-. The molecular formula is C21H18Cl2INO4. The van der Waals surface area contributed by atoms with Crippen LogP contribution in [0.4, 0.5) is 0 Å². The van der Waals surface area contributed by atoms with E-state index in [-0.39, 0.29) is 11.6 Å². The van der Waals surface area contributed by atoms with Crippen LogP contribution < -0.4 is 9.47 Å². The van der Waals surface area contributed by atoms with Crippen molar-refractivity contribution in [2.24, 2.45) is 4.99 Å². The maximum Gasteiger partial charge on any atom is 0.363 e. The zero-order valence-electron chi connectivity index (χ0n) is 15.8. The number of hydrogen-bond acceptors (Lipinski definition) is 5. The van der Waals surface area contributed by atoms with E-state index in [0.29, 0.717) is 40.3 Å². The Morgan fingerprint density at radius 1 is 1.17 bits per heavy atom. The van der Waals surface area contributed by atoms with Crippen LogP contribution in [-0.2, 0) is 9.53 Å². The van der Waals surface area contributed by atoms with Crippen molar-refractivity contribution in [3.8, 4) is 11.5 Å². The van der Waals surface area contributed by atoms with Crippen LogP contribution >= 0.6 is 45.8 Å². The second-order valence-corrected chi connectivity index (χ2v) is 8.08. The third-order valence-electron chi connectivity index (χ3n) is 3.87. The van der Waals surface area contributed by atoms with Crippen LogP contribution in [0.3, 0.4) is 0 Å². The van der Waals surface area contributed by atoms with Gasteiger partial charge in [0.05, 0.1) is 27.4 Å². The van der Waals surface area contributed by atoms with Gasteiger partial charge in [0.15, 0.2) is 17.2 Å². The highest BCUT2D eigenvalue weighted by Crippen LogP contribution is 2.35. The summed E-state index contributed by atoms with van der Waals surface area (Å²) < 4.78 is 17.7. The Morgan fingerprint density at radius 3 is 2.66 bits per heavy atom. The Labute approximate surface area is 192 Å². The van der Waals surface area contributed by atoms with Gasteiger partial charge in [-0.05, 0) is 77.9 Å². The molecule has 0 aromatic heterocycles. The summed E-state index contributed by atoms with van der Waals surface area (Å²) >= 11 is 14.3. The van der Waals surface area contributed by atoms with Gasteiger partial charge in [-0.3, -0.25) is 0 Å². The van der Waals surface area contributed by atoms with Crippen molar-refractivity contribution in [2.75, 3.05) is 13.2 Å². The number of rotatable bonds is 7. The molecule has 0 atom stereocenters. The fraction of sp³-hybridized carbons (Fsp3) is 0.238. The molecule has 8 heteroatoms. The van der Waals surface area contributed by atoms with Gasteiger partial charge in [0, 0.05) is 5.02 Å². The van der Waals surface area contributed by atoms with E-state index in [1.54, 1.807) is 24.3 Å². The predicted octanol–water partition coefficient (Wildman–Crippen LogP) is 6.13. The van der Waals surface area contributed by atoms with Gasteiger partial charge in [0.1, 0.15) is 0 Å². The van der Waals surface area contributed by atoms with E-state index in [1.807, 2.05) is 26.0 Å². The van der Waals surface area contributed by atoms with Crippen molar-refractivity contribution in [1.82, 2.24) is 0 Å². The van der Waals surface area contributed by atoms with Gasteiger partial charge in [-0.1, -0.05) is 30.1 Å². The summed E-state index contributed by atoms with van der Waals surface area (Å²) in [5, 5.41) is 0.846. The molecule has 0 unspecified atom stereocenters. The number of hydrogen-bond donors (Lipinski definition) is 0. The van der Waals surface area contributed by atoms with E-state index < -0.39 is 5.97 Å². The Bertz CT molecular complexity index is 1000. The molecule has 0 spiro atoms. The maximum absolute atomic E-state index is 12.3. The van der Waals surface area contributed by atoms with E-state index >= 15 is 0 Å². The fourth-order valence-electron chi connectivity index (χ4n) is 2.62. The number of ether oxygens (including phenoxy) is 3. The van der Waals surface area contributed by atoms with Gasteiger partial charge >= 0.3 is 5.97 Å². The second-order valence-electron chi connectivity index (χ2n) is 6.07. The lowest BCUT2D eigenvalue weighted by Crippen LogP contribution is -2.06. The smallest absolute Gasteiger partial charge is 0.363 e. The molecule has 0 saturated heterocycles. The molecule has 1 aliphatic heterocycles. The van der Waals surface area contributed by atoms with E-state index in [4.69, 9.17) is 37.4 Å². The normalized spacial score (nSPS) is 14.7. The molecule has 29 heavy (non-hydrogen) atoms. The molecule has 1 heterocycles. The van der Waals surface area contributed by atoms with Crippen molar-refractivity contribution < 1.29 is 19.0 Å². The average Bonchev–Trinajstić information content (AvgIpc) is 3.01. The summed E-state index contributed by atoms with van der Waals surface area (Å²) in [7, 11) is 0. The number of cyclic esters (lactones) is 1. The highest BCUT2D eigenvalue weighted by atomic mass is 127. The maximum atomic E-state index is 12.3. The molecule has 2 aromatic rings. The molecule has 1 aliphatic rings. The molecule has 0 saturated carbocycles. The summed E-state index contributed by atoms with van der Waals surface area (Å²) in [6.07, 6.45) is 2.54. The minimum Gasteiger partial charge on any atom is -0.490 e. The Balaban J connectivity index is 1.96. The topological polar surface area (TPSA) is 57.1 Å². The first-order valence-electron chi connectivity index (χ1n) is 9.00. The SMILES string of the molecule is CCCOc1c(I)cc(/C=C2\N=C(c3ccc(Cl)cc3Cl)OC2=O)cc1OCC. The minimum atomic E-state index is -0.551. The van der Waals surface area contributed by atoms with Crippen molar-refractivity contribution in [2.45, 2.75) is 20.3 Å². The van der Waals surface area contributed by atoms with E-state index in [2.05, 4.69) is 27.6 Å². The lowest BCUT2D eigenvalue weighted by molar-refractivity contribution is -0.129. The first-order valence-corrected chi connectivity index (χ1v) is 10.8. The van der Waals surface area contributed by atoms with E-state index in [0.717, 1.165) is 15.6 Å². The largest absolute Gasteiger partial charge is 0.490 e. The van der Waals surface area contributed by atoms with Gasteiger partial charge in [0.25, 0.3) is 0 Å². The molecule has 2 aromatic carbocycles. The number of nitrogens with zero attached hydrogens (tertiary/aromatic N) is 1. The molecule has 0 N–H and O–H groups in total. The fourth-order valence-corrected chi connectivity index (χ4v) is 3.89. The number of halogens is 3. The second kappa shape index (κ2) is 9.82. The predicted molar refractivity (Wildman–Crippen MR) is 123 cm³/mol. The number of carbonyl (C=O) groups is 1. The number of benzene rings is 2. The van der Waals surface area contributed by atoms with Crippen LogP contribution in [-0.4, -0.2) is 25.1 Å². The highest BCUT2D eigenvalue weighted by molar-refractivity contribution is 14.1.